The van der Waals surface area contributed by atoms with Crippen molar-refractivity contribution in [3.05, 3.63) is 12.2 Å². The van der Waals surface area contributed by atoms with Gasteiger partial charge in [-0.25, -0.2) is 4.57 Å². The van der Waals surface area contributed by atoms with Gasteiger partial charge in [0.15, 0.2) is 0 Å². The molecule has 8 nitrogen and oxygen atoms in total. The maximum Gasteiger partial charge on any atom is 0.472 e. The molecule has 0 aliphatic heterocycles. The number of quaternary nitrogens is 1. The van der Waals surface area contributed by atoms with Gasteiger partial charge in [0.25, 0.3) is 0 Å². The Morgan fingerprint density at radius 1 is 0.478 bits per heavy atom. The second-order valence-electron chi connectivity index (χ2n) is 22.4. The van der Waals surface area contributed by atoms with Crippen molar-refractivity contribution in [2.24, 2.45) is 0 Å². The zero-order valence-electron chi connectivity index (χ0n) is 47.1. The topological polar surface area (TPSA) is 105 Å². The summed E-state index contributed by atoms with van der Waals surface area (Å²) in [7, 11) is 1.59. The number of aliphatic hydroxyl groups is 1. The van der Waals surface area contributed by atoms with E-state index in [0.29, 0.717) is 17.4 Å². The van der Waals surface area contributed by atoms with E-state index in [9.17, 15) is 19.4 Å². The van der Waals surface area contributed by atoms with Gasteiger partial charge in [-0.05, 0) is 19.3 Å². The Hall–Kier alpha value is -0.760. The second-order valence-corrected chi connectivity index (χ2v) is 23.9. The van der Waals surface area contributed by atoms with Crippen molar-refractivity contribution < 1.29 is 32.9 Å². The molecule has 0 bridgehead atoms. The van der Waals surface area contributed by atoms with Gasteiger partial charge in [0.05, 0.1) is 39.9 Å². The summed E-state index contributed by atoms with van der Waals surface area (Å²) in [5.41, 5.74) is 0. The zero-order valence-corrected chi connectivity index (χ0v) is 48.0. The summed E-state index contributed by atoms with van der Waals surface area (Å²) in [6.45, 7) is 4.86. The first kappa shape index (κ1) is 68.2. The highest BCUT2D eigenvalue weighted by atomic mass is 31.2. The first-order valence-corrected chi connectivity index (χ1v) is 32.1. The normalized spacial score (nSPS) is 13.9. The van der Waals surface area contributed by atoms with Crippen molar-refractivity contribution >= 4 is 13.7 Å². The molecule has 0 radical (unpaired) electrons. The van der Waals surface area contributed by atoms with Crippen LogP contribution in [0.5, 0.6) is 0 Å². The largest absolute Gasteiger partial charge is 0.472 e. The predicted molar refractivity (Wildman–Crippen MR) is 300 cm³/mol. The lowest BCUT2D eigenvalue weighted by atomic mass is 10.0. The van der Waals surface area contributed by atoms with E-state index in [1.165, 1.54) is 263 Å². The van der Waals surface area contributed by atoms with Crippen molar-refractivity contribution in [2.75, 3.05) is 40.9 Å². The number of phosphoric ester groups is 1. The van der Waals surface area contributed by atoms with E-state index in [2.05, 4.69) is 19.2 Å². The van der Waals surface area contributed by atoms with Gasteiger partial charge in [-0.1, -0.05) is 302 Å². The SMILES string of the molecule is CCCCCCCCCCCCCCC/C=C/[C@@H](O)[C@H](COP(=O)(O)OCC[N+](C)(C)C)NC(=O)CCCCCCCCCCCCCCCCCCCCCCCCCCCCCCCCCC. The number of allylic oxidation sites excluding steroid dienone is 1. The Morgan fingerprint density at radius 3 is 1.07 bits per heavy atom. The maximum absolute atomic E-state index is 13.0. The summed E-state index contributed by atoms with van der Waals surface area (Å²) in [6, 6.07) is -0.841. The van der Waals surface area contributed by atoms with Crippen LogP contribution in [0.1, 0.15) is 316 Å². The van der Waals surface area contributed by atoms with Crippen LogP contribution in [0.2, 0.25) is 0 Å². The van der Waals surface area contributed by atoms with Crippen molar-refractivity contribution in [2.45, 2.75) is 328 Å². The lowest BCUT2D eigenvalue weighted by Gasteiger charge is -2.25. The van der Waals surface area contributed by atoms with E-state index in [1.54, 1.807) is 6.08 Å². The third kappa shape index (κ3) is 54.8. The standard InChI is InChI=1S/C60H121N2O6P/c1-6-8-10-12-14-16-18-20-22-23-24-25-26-27-28-29-30-31-32-33-34-35-36-37-38-40-42-44-46-48-50-52-54-60(64)61-58(57-68-69(65,66)67-56-55-62(3,4)5)59(63)53-51-49-47-45-43-41-39-21-19-17-15-13-11-9-7-2/h51,53,58-59,63H,6-50,52,54-57H2,1-5H3,(H-,61,64,65,66)/p+1/b53-51+/t58-,59+/m0/s1. The molecule has 69 heavy (non-hydrogen) atoms. The molecular formula is C60H122N2O6P+. The zero-order chi connectivity index (χ0) is 50.6. The summed E-state index contributed by atoms with van der Waals surface area (Å²) in [5.74, 6) is -0.170. The number of hydrogen-bond donors (Lipinski definition) is 3. The van der Waals surface area contributed by atoms with Gasteiger partial charge < -0.3 is 19.8 Å². The third-order valence-corrected chi connectivity index (χ3v) is 15.2. The number of carbonyl (C=O) groups is 1. The molecule has 9 heteroatoms. The van der Waals surface area contributed by atoms with E-state index in [-0.39, 0.29) is 19.1 Å². The van der Waals surface area contributed by atoms with Crippen LogP contribution in [0.4, 0.5) is 0 Å². The second kappa shape index (κ2) is 52.1. The van der Waals surface area contributed by atoms with Crippen LogP contribution in [0, 0.1) is 0 Å². The lowest BCUT2D eigenvalue weighted by molar-refractivity contribution is -0.870. The Bertz CT molecular complexity index is 1130. The fourth-order valence-corrected chi connectivity index (χ4v) is 10.2. The smallest absolute Gasteiger partial charge is 0.387 e. The summed E-state index contributed by atoms with van der Waals surface area (Å²) in [4.78, 5) is 23.3. The number of likely N-dealkylation sites (N-methyl/N-ethyl adjacent to an activating group) is 1. The summed E-state index contributed by atoms with van der Waals surface area (Å²) < 4.78 is 23.7. The molecule has 412 valence electrons. The molecule has 0 saturated carbocycles. The van der Waals surface area contributed by atoms with E-state index in [1.807, 2.05) is 27.2 Å². The first-order chi connectivity index (χ1) is 33.5. The molecule has 0 aromatic rings. The van der Waals surface area contributed by atoms with Crippen LogP contribution >= 0.6 is 7.82 Å². The number of carbonyl (C=O) groups excluding carboxylic acids is 1. The molecule has 0 aliphatic carbocycles. The fourth-order valence-electron chi connectivity index (χ4n) is 9.46. The number of unbranched alkanes of at least 4 members (excludes halogenated alkanes) is 44. The lowest BCUT2D eigenvalue weighted by Crippen LogP contribution is -2.45. The van der Waals surface area contributed by atoms with Crippen LogP contribution in [-0.2, 0) is 18.4 Å². The van der Waals surface area contributed by atoms with Gasteiger partial charge in [0.2, 0.25) is 5.91 Å². The molecule has 1 amide bonds. The van der Waals surface area contributed by atoms with Gasteiger partial charge in [0, 0.05) is 6.42 Å². The van der Waals surface area contributed by atoms with Gasteiger partial charge in [-0.15, -0.1) is 0 Å². The van der Waals surface area contributed by atoms with Gasteiger partial charge in [-0.3, -0.25) is 13.8 Å². The number of nitrogens with zero attached hydrogens (tertiary/aromatic N) is 1. The highest BCUT2D eigenvalue weighted by molar-refractivity contribution is 7.47. The summed E-state index contributed by atoms with van der Waals surface area (Å²) in [6.07, 6.45) is 64.8. The molecule has 0 aliphatic rings. The van der Waals surface area contributed by atoms with Crippen molar-refractivity contribution in [3.8, 4) is 0 Å². The number of nitrogens with one attached hydrogen (secondary N) is 1. The van der Waals surface area contributed by atoms with E-state index in [4.69, 9.17) is 9.05 Å². The minimum Gasteiger partial charge on any atom is -0.387 e. The van der Waals surface area contributed by atoms with Gasteiger partial charge in [-0.2, -0.15) is 0 Å². The average molecular weight is 999 g/mol. The first-order valence-electron chi connectivity index (χ1n) is 30.6. The molecule has 0 spiro atoms. The van der Waals surface area contributed by atoms with Crippen LogP contribution in [0.15, 0.2) is 12.2 Å². The van der Waals surface area contributed by atoms with Crippen LogP contribution < -0.4 is 5.32 Å². The molecule has 3 N–H and O–H groups in total. The molecule has 0 aromatic heterocycles. The molecule has 0 fully saturated rings. The van der Waals surface area contributed by atoms with Crippen LogP contribution in [0.25, 0.3) is 0 Å². The van der Waals surface area contributed by atoms with Gasteiger partial charge >= 0.3 is 7.82 Å². The van der Waals surface area contributed by atoms with Crippen LogP contribution in [-0.4, -0.2) is 73.4 Å². The molecular weight excluding hydrogens is 876 g/mol. The Balaban J connectivity index is 3.99. The molecule has 0 aromatic carbocycles. The summed E-state index contributed by atoms with van der Waals surface area (Å²) >= 11 is 0. The fraction of sp³-hybridized carbons (Fsp3) is 0.950. The Kier molecular flexibility index (Phi) is 51.5. The van der Waals surface area contributed by atoms with E-state index >= 15 is 0 Å². The molecule has 3 atom stereocenters. The number of hydrogen-bond acceptors (Lipinski definition) is 5. The third-order valence-electron chi connectivity index (χ3n) is 14.3. The number of aliphatic hydroxyl groups excluding tert-OH is 1. The minimum atomic E-state index is -4.34. The summed E-state index contributed by atoms with van der Waals surface area (Å²) in [5, 5.41) is 13.9. The molecule has 0 rings (SSSR count). The number of amides is 1. The highest BCUT2D eigenvalue weighted by Crippen LogP contribution is 2.43. The van der Waals surface area contributed by atoms with Gasteiger partial charge in [0.1, 0.15) is 13.2 Å². The van der Waals surface area contributed by atoms with Crippen molar-refractivity contribution in [3.63, 3.8) is 0 Å². The molecule has 0 saturated heterocycles. The van der Waals surface area contributed by atoms with Crippen molar-refractivity contribution in [1.29, 1.82) is 0 Å². The monoisotopic (exact) mass is 998 g/mol. The highest BCUT2D eigenvalue weighted by Gasteiger charge is 2.27. The number of rotatable bonds is 57. The average Bonchev–Trinajstić information content (AvgIpc) is 3.31. The Labute approximate surface area is 431 Å². The minimum absolute atomic E-state index is 0.0651. The van der Waals surface area contributed by atoms with E-state index in [0.717, 1.165) is 32.1 Å². The van der Waals surface area contributed by atoms with Crippen molar-refractivity contribution in [1.82, 2.24) is 5.32 Å². The van der Waals surface area contributed by atoms with E-state index < -0.39 is 20.0 Å². The Morgan fingerprint density at radius 2 is 0.768 bits per heavy atom. The quantitative estimate of drug-likeness (QED) is 0.0243. The predicted octanol–water partition coefficient (Wildman–Crippen LogP) is 18.6. The number of phosphoric acid groups is 1. The molecule has 0 heterocycles. The maximum atomic E-state index is 13.0. The molecule has 1 unspecified atom stereocenters. The van der Waals surface area contributed by atoms with Crippen LogP contribution in [0.3, 0.4) is 0 Å².